The molecule has 1 aromatic carbocycles. The minimum Gasteiger partial charge on any atom is -0.312 e. The maximum atomic E-state index is 4.22. The van der Waals surface area contributed by atoms with Crippen LogP contribution in [0.3, 0.4) is 0 Å². The van der Waals surface area contributed by atoms with Crippen molar-refractivity contribution in [3.05, 3.63) is 34.4 Å². The summed E-state index contributed by atoms with van der Waals surface area (Å²) in [5, 5.41) is 11.6. The zero-order valence-corrected chi connectivity index (χ0v) is 11.1. The normalized spacial score (nSPS) is 15.9. The van der Waals surface area contributed by atoms with Crippen molar-refractivity contribution < 1.29 is 0 Å². The molecule has 0 atom stereocenters. The summed E-state index contributed by atoms with van der Waals surface area (Å²) in [5.41, 5.74) is 3.25. The van der Waals surface area contributed by atoms with Gasteiger partial charge in [0.25, 0.3) is 0 Å². The molecule has 1 N–H and O–H groups in total. The van der Waals surface area contributed by atoms with E-state index in [1.807, 2.05) is 10.9 Å². The lowest BCUT2D eigenvalue weighted by atomic mass is 10.1. The summed E-state index contributed by atoms with van der Waals surface area (Å²) in [6, 6.07) is 6.71. The average molecular weight is 293 g/mol. The monoisotopic (exact) mass is 292 g/mol. The molecule has 0 amide bonds. The van der Waals surface area contributed by atoms with Crippen LogP contribution in [0.5, 0.6) is 0 Å². The van der Waals surface area contributed by atoms with Gasteiger partial charge in [-0.2, -0.15) is 0 Å². The Morgan fingerprint density at radius 1 is 1.41 bits per heavy atom. The second-order valence-corrected chi connectivity index (χ2v) is 5.21. The molecule has 1 saturated heterocycles. The van der Waals surface area contributed by atoms with Crippen LogP contribution in [0.1, 0.15) is 11.6 Å². The number of rotatable bonds is 2. The van der Waals surface area contributed by atoms with E-state index >= 15 is 0 Å². The molecule has 0 radical (unpaired) electrons. The first-order valence-corrected chi connectivity index (χ1v) is 6.42. The molecular weight excluding hydrogens is 280 g/mol. The SMILES string of the molecule is Cc1ccc(-c2cn(C3CNC3)nn2)cc1Br. The molecule has 0 aliphatic carbocycles. The summed E-state index contributed by atoms with van der Waals surface area (Å²) in [6.45, 7) is 4.05. The lowest BCUT2D eigenvalue weighted by Crippen LogP contribution is -2.43. The molecule has 0 unspecified atom stereocenters. The van der Waals surface area contributed by atoms with Crippen molar-refractivity contribution in [1.29, 1.82) is 0 Å². The second kappa shape index (κ2) is 4.23. The van der Waals surface area contributed by atoms with Crippen molar-refractivity contribution in [2.24, 2.45) is 0 Å². The predicted octanol–water partition coefficient (Wildman–Crippen LogP) is 2.16. The minimum absolute atomic E-state index is 0.463. The van der Waals surface area contributed by atoms with E-state index in [0.717, 1.165) is 28.8 Å². The molecule has 1 aliphatic rings. The highest BCUT2D eigenvalue weighted by Gasteiger charge is 2.20. The maximum Gasteiger partial charge on any atom is 0.113 e. The Hall–Kier alpha value is -1.20. The first kappa shape index (κ1) is 10.9. The van der Waals surface area contributed by atoms with Gasteiger partial charge in [0.05, 0.1) is 12.2 Å². The lowest BCUT2D eigenvalue weighted by molar-refractivity contribution is 0.313. The van der Waals surface area contributed by atoms with E-state index in [2.05, 4.69) is 56.7 Å². The Labute approximate surface area is 108 Å². The minimum atomic E-state index is 0.463. The van der Waals surface area contributed by atoms with Gasteiger partial charge in [-0.25, -0.2) is 4.68 Å². The van der Waals surface area contributed by atoms with Crippen LogP contribution in [-0.2, 0) is 0 Å². The van der Waals surface area contributed by atoms with Gasteiger partial charge in [-0.15, -0.1) is 5.10 Å². The highest BCUT2D eigenvalue weighted by atomic mass is 79.9. The second-order valence-electron chi connectivity index (χ2n) is 4.36. The van der Waals surface area contributed by atoms with E-state index in [9.17, 15) is 0 Å². The van der Waals surface area contributed by atoms with E-state index in [0.29, 0.717) is 6.04 Å². The standard InChI is InChI=1S/C12H13BrN4/c1-8-2-3-9(4-11(8)13)12-7-17(16-15-12)10-5-14-6-10/h2-4,7,10,14H,5-6H2,1H3. The fourth-order valence-electron chi connectivity index (χ4n) is 1.80. The van der Waals surface area contributed by atoms with E-state index < -0.39 is 0 Å². The average Bonchev–Trinajstić information content (AvgIpc) is 2.69. The molecule has 2 aromatic rings. The molecule has 17 heavy (non-hydrogen) atoms. The number of nitrogens with one attached hydrogen (secondary N) is 1. The molecule has 0 bridgehead atoms. The third-order valence-corrected chi connectivity index (χ3v) is 3.97. The maximum absolute atomic E-state index is 4.22. The largest absolute Gasteiger partial charge is 0.312 e. The van der Waals surface area contributed by atoms with Crippen molar-refractivity contribution >= 4 is 15.9 Å². The van der Waals surface area contributed by atoms with Gasteiger partial charge < -0.3 is 5.32 Å². The van der Waals surface area contributed by atoms with Gasteiger partial charge in [-0.3, -0.25) is 0 Å². The van der Waals surface area contributed by atoms with E-state index in [1.165, 1.54) is 5.56 Å². The van der Waals surface area contributed by atoms with Crippen LogP contribution in [0.15, 0.2) is 28.9 Å². The molecule has 1 aromatic heterocycles. The quantitative estimate of drug-likeness (QED) is 0.922. The number of aryl methyl sites for hydroxylation is 1. The van der Waals surface area contributed by atoms with E-state index in [1.54, 1.807) is 0 Å². The van der Waals surface area contributed by atoms with Gasteiger partial charge in [-0.05, 0) is 18.6 Å². The van der Waals surface area contributed by atoms with Crippen molar-refractivity contribution in [2.75, 3.05) is 13.1 Å². The van der Waals surface area contributed by atoms with Crippen LogP contribution in [0.2, 0.25) is 0 Å². The van der Waals surface area contributed by atoms with Crippen LogP contribution in [-0.4, -0.2) is 28.1 Å². The highest BCUT2D eigenvalue weighted by Crippen LogP contribution is 2.24. The molecule has 1 fully saturated rings. The summed E-state index contributed by atoms with van der Waals surface area (Å²) in [6.07, 6.45) is 2.02. The molecular formula is C12H13BrN4. The fourth-order valence-corrected chi connectivity index (χ4v) is 2.18. The number of halogens is 1. The van der Waals surface area contributed by atoms with Gasteiger partial charge >= 0.3 is 0 Å². The Morgan fingerprint density at radius 2 is 2.24 bits per heavy atom. The topological polar surface area (TPSA) is 42.7 Å². The Balaban J connectivity index is 1.92. The molecule has 0 saturated carbocycles. The molecule has 2 heterocycles. The number of hydrogen-bond donors (Lipinski definition) is 1. The van der Waals surface area contributed by atoms with Gasteiger partial charge in [0.1, 0.15) is 5.69 Å². The Bertz CT molecular complexity index is 545. The zero-order chi connectivity index (χ0) is 11.8. The van der Waals surface area contributed by atoms with Crippen LogP contribution < -0.4 is 5.32 Å². The van der Waals surface area contributed by atoms with Crippen molar-refractivity contribution in [3.63, 3.8) is 0 Å². The zero-order valence-electron chi connectivity index (χ0n) is 9.52. The number of benzene rings is 1. The fraction of sp³-hybridized carbons (Fsp3) is 0.333. The smallest absolute Gasteiger partial charge is 0.113 e. The molecule has 0 spiro atoms. The number of hydrogen-bond acceptors (Lipinski definition) is 3. The van der Waals surface area contributed by atoms with Gasteiger partial charge in [0, 0.05) is 23.1 Å². The summed E-state index contributed by atoms with van der Waals surface area (Å²) in [4.78, 5) is 0. The summed E-state index contributed by atoms with van der Waals surface area (Å²) in [7, 11) is 0. The summed E-state index contributed by atoms with van der Waals surface area (Å²) in [5.74, 6) is 0. The van der Waals surface area contributed by atoms with Crippen molar-refractivity contribution in [1.82, 2.24) is 20.3 Å². The third kappa shape index (κ3) is 2.00. The highest BCUT2D eigenvalue weighted by molar-refractivity contribution is 9.10. The first-order valence-electron chi connectivity index (χ1n) is 5.63. The number of aromatic nitrogens is 3. The molecule has 3 rings (SSSR count). The van der Waals surface area contributed by atoms with Gasteiger partial charge in [0.2, 0.25) is 0 Å². The summed E-state index contributed by atoms with van der Waals surface area (Å²) >= 11 is 3.54. The van der Waals surface area contributed by atoms with Crippen LogP contribution in [0.25, 0.3) is 11.3 Å². The first-order chi connectivity index (χ1) is 8.24. The van der Waals surface area contributed by atoms with Crippen molar-refractivity contribution in [2.45, 2.75) is 13.0 Å². The Kier molecular flexibility index (Phi) is 2.72. The molecule has 4 nitrogen and oxygen atoms in total. The third-order valence-electron chi connectivity index (χ3n) is 3.11. The van der Waals surface area contributed by atoms with Gasteiger partial charge in [0.15, 0.2) is 0 Å². The van der Waals surface area contributed by atoms with Crippen molar-refractivity contribution in [3.8, 4) is 11.3 Å². The molecule has 1 aliphatic heterocycles. The van der Waals surface area contributed by atoms with Crippen LogP contribution >= 0.6 is 15.9 Å². The van der Waals surface area contributed by atoms with Crippen LogP contribution in [0.4, 0.5) is 0 Å². The van der Waals surface area contributed by atoms with E-state index in [-0.39, 0.29) is 0 Å². The molecule has 5 heteroatoms. The number of nitrogens with zero attached hydrogens (tertiary/aromatic N) is 3. The Morgan fingerprint density at radius 3 is 2.88 bits per heavy atom. The lowest BCUT2D eigenvalue weighted by Gasteiger charge is -2.26. The molecule has 88 valence electrons. The van der Waals surface area contributed by atoms with Crippen LogP contribution in [0, 0.1) is 6.92 Å². The van der Waals surface area contributed by atoms with Gasteiger partial charge in [-0.1, -0.05) is 33.3 Å². The summed E-state index contributed by atoms with van der Waals surface area (Å²) < 4.78 is 3.05. The van der Waals surface area contributed by atoms with E-state index in [4.69, 9.17) is 0 Å². The predicted molar refractivity (Wildman–Crippen MR) is 69.8 cm³/mol.